The van der Waals surface area contributed by atoms with Crippen molar-refractivity contribution in [2.45, 2.75) is 33.3 Å². The summed E-state index contributed by atoms with van der Waals surface area (Å²) in [6, 6.07) is 0. The quantitative estimate of drug-likeness (QED) is 0.563. The first kappa shape index (κ1) is 13.9. The summed E-state index contributed by atoms with van der Waals surface area (Å²) in [4.78, 5) is 13.8. The summed E-state index contributed by atoms with van der Waals surface area (Å²) in [6.45, 7) is 10.6. The third-order valence-electron chi connectivity index (χ3n) is 2.68. The van der Waals surface area contributed by atoms with Gasteiger partial charge in [-0.2, -0.15) is 0 Å². The molecule has 0 aliphatic carbocycles. The van der Waals surface area contributed by atoms with Crippen molar-refractivity contribution >= 4 is 13.9 Å². The zero-order valence-electron chi connectivity index (χ0n) is 11.0. The van der Waals surface area contributed by atoms with E-state index in [2.05, 4.69) is 11.8 Å². The maximum atomic E-state index is 11.6. The molecular weight excluding hydrogens is 221 g/mol. The van der Waals surface area contributed by atoms with Crippen molar-refractivity contribution in [2.24, 2.45) is 0 Å². The summed E-state index contributed by atoms with van der Waals surface area (Å²) in [6.07, 6.45) is 3.90. The number of nitrogens with zero attached hydrogens (tertiary/aromatic N) is 1. The summed E-state index contributed by atoms with van der Waals surface area (Å²) in [7, 11) is 0.258. The average Bonchev–Trinajstić information content (AvgIpc) is 2.16. The van der Waals surface area contributed by atoms with Crippen molar-refractivity contribution in [3.05, 3.63) is 0 Å². The molecule has 1 aliphatic heterocycles. The number of ether oxygens (including phenoxy) is 1. The van der Waals surface area contributed by atoms with Gasteiger partial charge in [-0.25, -0.2) is 0 Å². The highest BCUT2D eigenvalue weighted by atomic mass is 31.1. The Morgan fingerprint density at radius 3 is 2.31 bits per heavy atom. The minimum absolute atomic E-state index is 0.0878. The van der Waals surface area contributed by atoms with Gasteiger partial charge in [-0.3, -0.25) is 9.69 Å². The number of hydrogen-bond acceptors (Lipinski definition) is 3. The first-order chi connectivity index (χ1) is 7.40. The second kappa shape index (κ2) is 5.97. The monoisotopic (exact) mass is 245 g/mol. The third-order valence-corrected chi connectivity index (χ3v) is 5.24. The van der Waals surface area contributed by atoms with E-state index >= 15 is 0 Å². The summed E-state index contributed by atoms with van der Waals surface area (Å²) >= 11 is 0. The molecule has 4 heteroatoms. The summed E-state index contributed by atoms with van der Waals surface area (Å²) in [5.74, 6) is -0.0878. The van der Waals surface area contributed by atoms with E-state index in [0.717, 1.165) is 13.1 Å². The van der Waals surface area contributed by atoms with Crippen LogP contribution in [0.4, 0.5) is 0 Å². The normalized spacial score (nSPS) is 19.8. The smallest absolute Gasteiger partial charge is 0.320 e. The fourth-order valence-corrected chi connectivity index (χ4v) is 3.81. The van der Waals surface area contributed by atoms with Gasteiger partial charge in [0.05, 0.1) is 6.54 Å². The Bertz CT molecular complexity index is 230. The molecule has 1 heterocycles. The number of hydrogen-bond donors (Lipinski definition) is 0. The maximum absolute atomic E-state index is 11.6. The van der Waals surface area contributed by atoms with E-state index in [1.807, 2.05) is 20.8 Å². The zero-order chi connectivity index (χ0) is 12.2. The van der Waals surface area contributed by atoms with Crippen LogP contribution in [0.2, 0.25) is 0 Å². The predicted molar refractivity (Wildman–Crippen MR) is 69.5 cm³/mol. The van der Waals surface area contributed by atoms with Crippen molar-refractivity contribution in [3.63, 3.8) is 0 Å². The molecule has 0 spiro atoms. The van der Waals surface area contributed by atoms with Crippen LogP contribution in [-0.4, -0.2) is 54.6 Å². The second-order valence-corrected chi connectivity index (χ2v) is 8.17. The molecule has 3 nitrogen and oxygen atoms in total. The van der Waals surface area contributed by atoms with Crippen LogP contribution in [0.5, 0.6) is 0 Å². The standard InChI is InChI=1S/C12H24NO2P/c1-5-16-8-6-13(7-9-16)10-11(14)15-12(2,3)4/h5-10H2,1-4H3. The first-order valence-corrected chi connectivity index (χ1v) is 7.97. The summed E-state index contributed by atoms with van der Waals surface area (Å²) in [5.41, 5.74) is -0.358. The molecule has 94 valence electrons. The third kappa shape index (κ3) is 5.27. The molecule has 0 unspecified atom stereocenters. The molecule has 0 atom stereocenters. The fourth-order valence-electron chi connectivity index (χ4n) is 1.82. The largest absolute Gasteiger partial charge is 0.459 e. The van der Waals surface area contributed by atoms with Gasteiger partial charge in [-0.1, -0.05) is 6.92 Å². The van der Waals surface area contributed by atoms with Gasteiger partial charge in [0.25, 0.3) is 0 Å². The highest BCUT2D eigenvalue weighted by molar-refractivity contribution is 7.57. The lowest BCUT2D eigenvalue weighted by Crippen LogP contribution is -2.40. The molecule has 0 bridgehead atoms. The van der Waals surface area contributed by atoms with Crippen molar-refractivity contribution in [3.8, 4) is 0 Å². The van der Waals surface area contributed by atoms with Gasteiger partial charge in [0, 0.05) is 13.1 Å². The lowest BCUT2D eigenvalue weighted by atomic mass is 10.2. The molecule has 1 saturated heterocycles. The van der Waals surface area contributed by atoms with Crippen LogP contribution >= 0.6 is 7.92 Å². The average molecular weight is 245 g/mol. The molecule has 1 aliphatic rings. The van der Waals surface area contributed by atoms with Crippen LogP contribution in [0.3, 0.4) is 0 Å². The van der Waals surface area contributed by atoms with Crippen LogP contribution in [0.25, 0.3) is 0 Å². The lowest BCUT2D eigenvalue weighted by Gasteiger charge is -2.31. The number of rotatable bonds is 3. The summed E-state index contributed by atoms with van der Waals surface area (Å²) < 4.78 is 5.32. The highest BCUT2D eigenvalue weighted by Crippen LogP contribution is 2.36. The summed E-state index contributed by atoms with van der Waals surface area (Å²) in [5, 5.41) is 0. The Morgan fingerprint density at radius 2 is 1.88 bits per heavy atom. The van der Waals surface area contributed by atoms with Gasteiger partial charge < -0.3 is 4.74 Å². The van der Waals surface area contributed by atoms with Crippen molar-refractivity contribution in [1.29, 1.82) is 0 Å². The fraction of sp³-hybridized carbons (Fsp3) is 0.917. The molecule has 1 fully saturated rings. The predicted octanol–water partition coefficient (Wildman–Crippen LogP) is 2.15. The molecule has 0 aromatic carbocycles. The number of carbonyl (C=O) groups excluding carboxylic acids is 1. The molecular formula is C12H24NO2P. The van der Waals surface area contributed by atoms with E-state index in [1.165, 1.54) is 18.5 Å². The Kier molecular flexibility index (Phi) is 5.20. The van der Waals surface area contributed by atoms with E-state index in [0.29, 0.717) is 6.54 Å². The van der Waals surface area contributed by atoms with Crippen LogP contribution in [0.15, 0.2) is 0 Å². The van der Waals surface area contributed by atoms with Crippen molar-refractivity contribution in [1.82, 2.24) is 4.90 Å². The molecule has 0 N–H and O–H groups in total. The molecule has 0 radical (unpaired) electrons. The minimum atomic E-state index is -0.358. The van der Waals surface area contributed by atoms with Crippen molar-refractivity contribution < 1.29 is 9.53 Å². The van der Waals surface area contributed by atoms with Gasteiger partial charge in [-0.15, -0.1) is 7.92 Å². The maximum Gasteiger partial charge on any atom is 0.320 e. The zero-order valence-corrected chi connectivity index (χ0v) is 11.8. The lowest BCUT2D eigenvalue weighted by molar-refractivity contribution is -0.156. The van der Waals surface area contributed by atoms with E-state index < -0.39 is 0 Å². The van der Waals surface area contributed by atoms with Crippen LogP contribution in [0.1, 0.15) is 27.7 Å². The van der Waals surface area contributed by atoms with Crippen LogP contribution in [-0.2, 0) is 9.53 Å². The number of esters is 1. The molecule has 0 aromatic rings. The molecule has 0 saturated carbocycles. The van der Waals surface area contributed by atoms with Gasteiger partial charge in [0.15, 0.2) is 0 Å². The van der Waals surface area contributed by atoms with Crippen molar-refractivity contribution in [2.75, 3.05) is 38.1 Å². The Morgan fingerprint density at radius 1 is 1.31 bits per heavy atom. The molecule has 16 heavy (non-hydrogen) atoms. The van der Waals surface area contributed by atoms with Gasteiger partial charge in [0.2, 0.25) is 0 Å². The molecule has 1 rings (SSSR count). The van der Waals surface area contributed by atoms with E-state index in [1.54, 1.807) is 0 Å². The first-order valence-electron chi connectivity index (χ1n) is 6.07. The van der Waals surface area contributed by atoms with E-state index in [4.69, 9.17) is 4.74 Å². The SMILES string of the molecule is CCP1CCN(CC(=O)OC(C)(C)C)CC1. The van der Waals surface area contributed by atoms with Gasteiger partial charge in [-0.05, 0) is 39.3 Å². The van der Waals surface area contributed by atoms with Crippen LogP contribution in [0, 0.1) is 0 Å². The van der Waals surface area contributed by atoms with E-state index in [9.17, 15) is 4.79 Å². The second-order valence-electron chi connectivity index (χ2n) is 5.30. The molecule has 0 amide bonds. The van der Waals surface area contributed by atoms with Gasteiger partial charge >= 0.3 is 5.97 Å². The Balaban J connectivity index is 2.26. The topological polar surface area (TPSA) is 29.5 Å². The minimum Gasteiger partial charge on any atom is -0.459 e. The molecule has 0 aromatic heterocycles. The van der Waals surface area contributed by atoms with E-state index in [-0.39, 0.29) is 19.5 Å². The Labute approximate surface area is 100 Å². The number of carbonyl (C=O) groups is 1. The highest BCUT2D eigenvalue weighted by Gasteiger charge is 2.22. The Hall–Kier alpha value is -0.140. The van der Waals surface area contributed by atoms with Crippen LogP contribution < -0.4 is 0 Å². The van der Waals surface area contributed by atoms with Gasteiger partial charge in [0.1, 0.15) is 5.60 Å².